The average molecular weight is 299 g/mol. The van der Waals surface area contributed by atoms with Crippen LogP contribution in [0.2, 0.25) is 0 Å². The van der Waals surface area contributed by atoms with Gasteiger partial charge in [0.05, 0.1) is 25.2 Å². The molecule has 1 saturated heterocycles. The van der Waals surface area contributed by atoms with Gasteiger partial charge in [-0.25, -0.2) is 0 Å². The third kappa shape index (κ3) is 3.81. The van der Waals surface area contributed by atoms with Gasteiger partial charge in [-0.2, -0.15) is 0 Å². The topological polar surface area (TPSA) is 23.6 Å². The molecular formula is C16H32N2OP+. The fraction of sp³-hybridized carbons (Fsp3) is 1.00. The van der Waals surface area contributed by atoms with Crippen LogP contribution in [0, 0.1) is 10.8 Å². The van der Waals surface area contributed by atoms with Gasteiger partial charge in [-0.15, -0.1) is 0 Å². The van der Waals surface area contributed by atoms with Crippen molar-refractivity contribution in [3.63, 3.8) is 0 Å². The van der Waals surface area contributed by atoms with Crippen LogP contribution in [0.4, 0.5) is 0 Å². The van der Waals surface area contributed by atoms with Gasteiger partial charge in [0.15, 0.2) is 0 Å². The van der Waals surface area contributed by atoms with Crippen molar-refractivity contribution in [3.8, 4) is 0 Å². The van der Waals surface area contributed by atoms with Crippen molar-refractivity contribution in [3.05, 3.63) is 0 Å². The van der Waals surface area contributed by atoms with Gasteiger partial charge < -0.3 is 0 Å². The maximum Gasteiger partial charge on any atom is 0.538 e. The summed E-state index contributed by atoms with van der Waals surface area (Å²) in [6.07, 6.45) is 5.05. The SMILES string of the molecule is CC(C)(C)CN1[C@H]2CCCC[C@@H]2N(CC(C)(C)C)[P+]1=O. The third-order valence-corrected chi connectivity index (χ3v) is 5.93. The molecule has 2 atom stereocenters. The van der Waals surface area contributed by atoms with E-state index in [2.05, 4.69) is 50.9 Å². The lowest BCUT2D eigenvalue weighted by Gasteiger charge is -2.30. The van der Waals surface area contributed by atoms with Gasteiger partial charge in [0.25, 0.3) is 0 Å². The van der Waals surface area contributed by atoms with E-state index in [0.717, 1.165) is 13.1 Å². The standard InChI is InChI=1S/C16H32N2OP/c1-15(2,3)11-17-13-9-7-8-10-14(13)18(20(17)19)12-16(4,5)6/h13-14H,7-12H2,1-6H3/q+1/t13-,14-/m0/s1. The molecular weight excluding hydrogens is 267 g/mol. The molecule has 3 nitrogen and oxygen atoms in total. The first-order valence-corrected chi connectivity index (χ1v) is 9.25. The first-order valence-electron chi connectivity index (χ1n) is 8.09. The number of nitrogens with zero attached hydrogens (tertiary/aromatic N) is 2. The summed E-state index contributed by atoms with van der Waals surface area (Å²) in [6.45, 7) is 15.4. The van der Waals surface area contributed by atoms with E-state index in [9.17, 15) is 4.57 Å². The maximum absolute atomic E-state index is 13.0. The van der Waals surface area contributed by atoms with Gasteiger partial charge in [-0.05, 0) is 28.2 Å². The van der Waals surface area contributed by atoms with Gasteiger partial charge in [-0.1, -0.05) is 63.7 Å². The van der Waals surface area contributed by atoms with E-state index in [0.29, 0.717) is 12.1 Å². The minimum absolute atomic E-state index is 0.213. The van der Waals surface area contributed by atoms with Crippen LogP contribution in [0.15, 0.2) is 0 Å². The van der Waals surface area contributed by atoms with E-state index in [1.165, 1.54) is 25.7 Å². The highest BCUT2D eigenvalue weighted by atomic mass is 31.1. The molecule has 0 radical (unpaired) electrons. The second-order valence-electron chi connectivity index (χ2n) is 8.99. The molecule has 2 rings (SSSR count). The largest absolute Gasteiger partial charge is 0.538 e. The molecule has 1 saturated carbocycles. The van der Waals surface area contributed by atoms with Crippen molar-refractivity contribution in [1.82, 2.24) is 9.34 Å². The monoisotopic (exact) mass is 299 g/mol. The van der Waals surface area contributed by atoms with Gasteiger partial charge in [0, 0.05) is 0 Å². The van der Waals surface area contributed by atoms with Crippen molar-refractivity contribution < 1.29 is 4.57 Å². The molecule has 1 aliphatic carbocycles. The summed E-state index contributed by atoms with van der Waals surface area (Å²) in [5.41, 5.74) is 0.426. The van der Waals surface area contributed by atoms with Crippen LogP contribution in [0.5, 0.6) is 0 Å². The molecule has 0 amide bonds. The van der Waals surface area contributed by atoms with E-state index < -0.39 is 8.10 Å². The number of fused-ring (bicyclic) bond motifs is 1. The smallest absolute Gasteiger partial charge is 0.0736 e. The predicted octanol–water partition coefficient (Wildman–Crippen LogP) is 4.66. The van der Waals surface area contributed by atoms with Crippen LogP contribution < -0.4 is 0 Å². The summed E-state index contributed by atoms with van der Waals surface area (Å²) < 4.78 is 17.7. The van der Waals surface area contributed by atoms with Crippen molar-refractivity contribution in [2.24, 2.45) is 10.8 Å². The van der Waals surface area contributed by atoms with E-state index in [4.69, 9.17) is 0 Å². The van der Waals surface area contributed by atoms with E-state index >= 15 is 0 Å². The first-order chi connectivity index (χ1) is 9.08. The Kier molecular flexibility index (Phi) is 4.64. The lowest BCUT2D eigenvalue weighted by atomic mass is 9.87. The Morgan fingerprint density at radius 2 is 1.20 bits per heavy atom. The van der Waals surface area contributed by atoms with Crippen LogP contribution in [0.1, 0.15) is 67.2 Å². The Hall–Kier alpha value is 0.0200. The lowest BCUT2D eigenvalue weighted by molar-refractivity contribution is 0.159. The quantitative estimate of drug-likeness (QED) is 0.693. The summed E-state index contributed by atoms with van der Waals surface area (Å²) in [6, 6.07) is 1.04. The van der Waals surface area contributed by atoms with Crippen molar-refractivity contribution in [2.45, 2.75) is 79.3 Å². The third-order valence-electron chi connectivity index (χ3n) is 4.17. The lowest BCUT2D eigenvalue weighted by Crippen LogP contribution is -2.43. The van der Waals surface area contributed by atoms with Gasteiger partial charge in [-0.3, -0.25) is 0 Å². The van der Waals surface area contributed by atoms with Crippen LogP contribution in [-0.4, -0.2) is 34.5 Å². The zero-order valence-electron chi connectivity index (χ0n) is 14.1. The summed E-state index contributed by atoms with van der Waals surface area (Å²) in [7, 11) is -1.35. The average Bonchev–Trinajstić information content (AvgIpc) is 2.52. The molecule has 0 unspecified atom stereocenters. The molecule has 2 aliphatic rings. The minimum Gasteiger partial charge on any atom is -0.0736 e. The van der Waals surface area contributed by atoms with Crippen LogP contribution in [0.3, 0.4) is 0 Å². The van der Waals surface area contributed by atoms with E-state index in [-0.39, 0.29) is 10.8 Å². The van der Waals surface area contributed by atoms with Crippen molar-refractivity contribution in [2.75, 3.05) is 13.1 Å². The normalized spacial score (nSPS) is 29.8. The molecule has 2 fully saturated rings. The second-order valence-corrected chi connectivity index (χ2v) is 10.5. The Bertz CT molecular complexity index is 336. The maximum atomic E-state index is 13.0. The van der Waals surface area contributed by atoms with Gasteiger partial charge >= 0.3 is 8.10 Å². The van der Waals surface area contributed by atoms with Crippen molar-refractivity contribution >= 4 is 8.10 Å². The molecule has 0 spiro atoms. The van der Waals surface area contributed by atoms with Crippen LogP contribution in [-0.2, 0) is 4.57 Å². The summed E-state index contributed by atoms with van der Waals surface area (Å²) >= 11 is 0. The van der Waals surface area contributed by atoms with Gasteiger partial charge in [0.2, 0.25) is 0 Å². The molecule has 0 aromatic rings. The molecule has 20 heavy (non-hydrogen) atoms. The summed E-state index contributed by atoms with van der Waals surface area (Å²) in [5, 5.41) is 0. The molecule has 0 N–H and O–H groups in total. The van der Waals surface area contributed by atoms with Crippen LogP contribution in [0.25, 0.3) is 0 Å². The molecule has 0 aromatic heterocycles. The Labute approximate surface area is 126 Å². The van der Waals surface area contributed by atoms with Crippen molar-refractivity contribution in [1.29, 1.82) is 0 Å². The van der Waals surface area contributed by atoms with E-state index in [1.807, 2.05) is 0 Å². The molecule has 4 heteroatoms. The minimum atomic E-state index is -1.35. The first kappa shape index (κ1) is 16.4. The van der Waals surface area contributed by atoms with Gasteiger partial charge in [0.1, 0.15) is 0 Å². The fourth-order valence-corrected chi connectivity index (χ4v) is 5.95. The molecule has 0 bridgehead atoms. The Balaban J connectivity index is 2.20. The highest BCUT2D eigenvalue weighted by molar-refractivity contribution is 7.39. The highest BCUT2D eigenvalue weighted by Crippen LogP contribution is 2.51. The molecule has 0 aromatic carbocycles. The second kappa shape index (κ2) is 5.66. The Morgan fingerprint density at radius 3 is 1.50 bits per heavy atom. The number of hydrogen-bond donors (Lipinski definition) is 0. The Morgan fingerprint density at radius 1 is 0.850 bits per heavy atom. The fourth-order valence-electron chi connectivity index (χ4n) is 3.52. The zero-order chi connectivity index (χ0) is 15.1. The van der Waals surface area contributed by atoms with E-state index in [1.54, 1.807) is 0 Å². The molecule has 1 heterocycles. The summed E-state index contributed by atoms with van der Waals surface area (Å²) in [5.74, 6) is 0. The number of hydrogen-bond acceptors (Lipinski definition) is 1. The van der Waals surface area contributed by atoms with Crippen LogP contribution >= 0.6 is 8.10 Å². The molecule has 1 aliphatic heterocycles. The summed E-state index contributed by atoms with van der Waals surface area (Å²) in [4.78, 5) is 0. The highest BCUT2D eigenvalue weighted by Gasteiger charge is 2.58. The molecule has 116 valence electrons. The zero-order valence-corrected chi connectivity index (χ0v) is 15.0. The number of rotatable bonds is 2. The predicted molar refractivity (Wildman–Crippen MR) is 86.0 cm³/mol.